The number of hydrogen-bond acceptors (Lipinski definition) is 5. The van der Waals surface area contributed by atoms with Crippen molar-refractivity contribution in [3.05, 3.63) is 118 Å². The molecule has 0 aromatic heterocycles. The standard InChI is InChI=1S/C36H42N2O5S/c1-25-8-11-30(12-9-25)24-43-36-28(4)20-31(21-29(36)5)23-37(6)35(39)18-19-38(32-13-15-33(42-7)16-14-32)44(40,41)34-17-10-26(2)27(3)22-34/h8-17,20-22H,18-19,23-24H2,1-7H3. The Bertz CT molecular complexity index is 1690. The van der Waals surface area contributed by atoms with Gasteiger partial charge in [-0.25, -0.2) is 8.42 Å². The van der Waals surface area contributed by atoms with Crippen LogP contribution in [0.25, 0.3) is 0 Å². The molecule has 4 rings (SSSR count). The van der Waals surface area contributed by atoms with Gasteiger partial charge in [0.2, 0.25) is 5.91 Å². The second-order valence-corrected chi connectivity index (χ2v) is 13.2. The van der Waals surface area contributed by atoms with Crippen LogP contribution in [0.15, 0.2) is 83.8 Å². The van der Waals surface area contributed by atoms with Gasteiger partial charge in [-0.2, -0.15) is 0 Å². The summed E-state index contributed by atoms with van der Waals surface area (Å²) in [7, 11) is -0.631. The highest BCUT2D eigenvalue weighted by Crippen LogP contribution is 2.29. The molecule has 0 bridgehead atoms. The lowest BCUT2D eigenvalue weighted by atomic mass is 10.0. The Kier molecular flexibility index (Phi) is 10.4. The molecule has 232 valence electrons. The zero-order valence-corrected chi connectivity index (χ0v) is 27.5. The molecule has 0 radical (unpaired) electrons. The first-order valence-electron chi connectivity index (χ1n) is 14.7. The normalized spacial score (nSPS) is 11.2. The molecule has 0 heterocycles. The SMILES string of the molecule is COc1ccc(N(CCC(=O)N(C)Cc2cc(C)c(OCc3ccc(C)cc3)c(C)c2)S(=O)(=O)c2ccc(C)c(C)c2)cc1. The van der Waals surface area contributed by atoms with Gasteiger partial charge < -0.3 is 14.4 Å². The summed E-state index contributed by atoms with van der Waals surface area (Å²) in [6, 6.07) is 24.3. The number of aryl methyl sites for hydroxylation is 5. The van der Waals surface area contributed by atoms with Gasteiger partial charge in [-0.1, -0.05) is 48.0 Å². The molecule has 0 saturated carbocycles. The lowest BCUT2D eigenvalue weighted by Gasteiger charge is -2.26. The average Bonchev–Trinajstić information content (AvgIpc) is 2.99. The number of hydrogen-bond donors (Lipinski definition) is 0. The van der Waals surface area contributed by atoms with Crippen molar-refractivity contribution in [2.24, 2.45) is 0 Å². The van der Waals surface area contributed by atoms with E-state index in [1.807, 2.05) is 39.8 Å². The Hall–Kier alpha value is -4.30. The van der Waals surface area contributed by atoms with E-state index in [0.29, 0.717) is 24.6 Å². The number of amides is 1. The smallest absolute Gasteiger partial charge is 0.264 e. The van der Waals surface area contributed by atoms with E-state index in [-0.39, 0.29) is 23.8 Å². The molecule has 0 fully saturated rings. The quantitative estimate of drug-likeness (QED) is 0.171. The number of carbonyl (C=O) groups excluding carboxylic acids is 1. The maximum Gasteiger partial charge on any atom is 0.264 e. The summed E-state index contributed by atoms with van der Waals surface area (Å²) in [5, 5.41) is 0. The van der Waals surface area contributed by atoms with Crippen molar-refractivity contribution in [1.29, 1.82) is 0 Å². The monoisotopic (exact) mass is 614 g/mol. The summed E-state index contributed by atoms with van der Waals surface area (Å²) in [4.78, 5) is 15.1. The molecule has 1 amide bonds. The molecule has 0 saturated heterocycles. The molecule has 0 atom stereocenters. The number of methoxy groups -OCH3 is 1. The first-order valence-corrected chi connectivity index (χ1v) is 16.1. The molecule has 0 aliphatic carbocycles. The average molecular weight is 615 g/mol. The highest BCUT2D eigenvalue weighted by atomic mass is 32.2. The molecule has 7 nitrogen and oxygen atoms in total. The minimum absolute atomic E-state index is 0.00535. The molecule has 0 N–H and O–H groups in total. The summed E-state index contributed by atoms with van der Waals surface area (Å²) in [5.74, 6) is 1.30. The van der Waals surface area contributed by atoms with Crippen LogP contribution < -0.4 is 13.8 Å². The Morgan fingerprint density at radius 2 is 1.39 bits per heavy atom. The van der Waals surface area contributed by atoms with Crippen LogP contribution in [0.4, 0.5) is 5.69 Å². The van der Waals surface area contributed by atoms with E-state index in [9.17, 15) is 13.2 Å². The third kappa shape index (κ3) is 7.80. The van der Waals surface area contributed by atoms with Gasteiger partial charge in [-0.3, -0.25) is 9.10 Å². The molecule has 44 heavy (non-hydrogen) atoms. The molecule has 0 aliphatic heterocycles. The summed E-state index contributed by atoms with van der Waals surface area (Å²) < 4.78 is 40.4. The van der Waals surface area contributed by atoms with Crippen molar-refractivity contribution in [3.63, 3.8) is 0 Å². The summed E-state index contributed by atoms with van der Waals surface area (Å²) >= 11 is 0. The highest BCUT2D eigenvalue weighted by molar-refractivity contribution is 7.92. The van der Waals surface area contributed by atoms with E-state index in [2.05, 4.69) is 31.2 Å². The molecular weight excluding hydrogens is 572 g/mol. The van der Waals surface area contributed by atoms with Crippen molar-refractivity contribution < 1.29 is 22.7 Å². The van der Waals surface area contributed by atoms with Gasteiger partial charge in [0.1, 0.15) is 18.1 Å². The largest absolute Gasteiger partial charge is 0.497 e. The molecule has 0 aliphatic rings. The van der Waals surface area contributed by atoms with E-state index in [1.165, 1.54) is 9.87 Å². The fourth-order valence-corrected chi connectivity index (χ4v) is 6.64. The Morgan fingerprint density at radius 1 is 0.750 bits per heavy atom. The Labute approximate surface area is 262 Å². The molecule has 0 unspecified atom stereocenters. The Morgan fingerprint density at radius 3 is 1.98 bits per heavy atom. The fraction of sp³-hybridized carbons (Fsp3) is 0.306. The van der Waals surface area contributed by atoms with E-state index < -0.39 is 10.0 Å². The molecule has 4 aromatic rings. The van der Waals surface area contributed by atoms with E-state index in [1.54, 1.807) is 61.5 Å². The summed E-state index contributed by atoms with van der Waals surface area (Å²) in [6.07, 6.45) is 0.0162. The van der Waals surface area contributed by atoms with Crippen molar-refractivity contribution in [3.8, 4) is 11.5 Å². The van der Waals surface area contributed by atoms with Gasteiger partial charge in [0.05, 0.1) is 17.7 Å². The minimum atomic E-state index is -3.93. The third-order valence-corrected chi connectivity index (χ3v) is 9.65. The lowest BCUT2D eigenvalue weighted by Crippen LogP contribution is -2.36. The van der Waals surface area contributed by atoms with E-state index in [4.69, 9.17) is 9.47 Å². The number of benzene rings is 4. The number of sulfonamides is 1. The van der Waals surface area contributed by atoms with Gasteiger partial charge in [-0.15, -0.1) is 0 Å². The first kappa shape index (κ1) is 32.6. The summed E-state index contributed by atoms with van der Waals surface area (Å²) in [5.41, 5.74) is 7.64. The maximum atomic E-state index is 13.8. The second kappa shape index (κ2) is 14.0. The molecule has 8 heteroatoms. The molecule has 4 aromatic carbocycles. The van der Waals surface area contributed by atoms with Crippen LogP contribution in [0.5, 0.6) is 11.5 Å². The number of ether oxygens (including phenoxy) is 2. The van der Waals surface area contributed by atoms with E-state index >= 15 is 0 Å². The zero-order valence-electron chi connectivity index (χ0n) is 26.7. The predicted molar refractivity (Wildman–Crippen MR) is 176 cm³/mol. The first-order chi connectivity index (χ1) is 20.9. The van der Waals surface area contributed by atoms with Gasteiger partial charge in [-0.05, 0) is 104 Å². The molecular formula is C36H42N2O5S. The maximum absolute atomic E-state index is 13.8. The number of carbonyl (C=O) groups is 1. The van der Waals surface area contributed by atoms with Crippen LogP contribution in [0, 0.1) is 34.6 Å². The third-order valence-electron chi connectivity index (χ3n) is 7.82. The van der Waals surface area contributed by atoms with Crippen LogP contribution in [-0.2, 0) is 28.0 Å². The van der Waals surface area contributed by atoms with E-state index in [0.717, 1.165) is 39.1 Å². The van der Waals surface area contributed by atoms with Gasteiger partial charge in [0, 0.05) is 26.6 Å². The highest BCUT2D eigenvalue weighted by Gasteiger charge is 2.27. The van der Waals surface area contributed by atoms with Gasteiger partial charge in [0.15, 0.2) is 0 Å². The predicted octanol–water partition coefficient (Wildman–Crippen LogP) is 7.06. The second-order valence-electron chi connectivity index (χ2n) is 11.4. The van der Waals surface area contributed by atoms with Crippen LogP contribution in [0.3, 0.4) is 0 Å². The van der Waals surface area contributed by atoms with Crippen molar-refractivity contribution in [2.75, 3.05) is 25.0 Å². The topological polar surface area (TPSA) is 76.2 Å². The van der Waals surface area contributed by atoms with Crippen LogP contribution >= 0.6 is 0 Å². The number of anilines is 1. The minimum Gasteiger partial charge on any atom is -0.497 e. The fourth-order valence-electron chi connectivity index (χ4n) is 5.09. The van der Waals surface area contributed by atoms with Crippen molar-refractivity contribution >= 4 is 21.6 Å². The van der Waals surface area contributed by atoms with Crippen molar-refractivity contribution in [1.82, 2.24) is 4.90 Å². The van der Waals surface area contributed by atoms with Crippen LogP contribution in [0.2, 0.25) is 0 Å². The number of nitrogens with zero attached hydrogens (tertiary/aromatic N) is 2. The zero-order chi connectivity index (χ0) is 32.0. The van der Waals surface area contributed by atoms with Crippen molar-refractivity contribution in [2.45, 2.75) is 59.1 Å². The van der Waals surface area contributed by atoms with Crippen LogP contribution in [0.1, 0.15) is 45.4 Å². The number of rotatable bonds is 12. The molecule has 0 spiro atoms. The van der Waals surface area contributed by atoms with Gasteiger partial charge in [0.25, 0.3) is 10.0 Å². The van der Waals surface area contributed by atoms with Gasteiger partial charge >= 0.3 is 0 Å². The lowest BCUT2D eigenvalue weighted by molar-refractivity contribution is -0.130. The Balaban J connectivity index is 1.47. The van der Waals surface area contributed by atoms with Crippen LogP contribution in [-0.4, -0.2) is 39.9 Å². The summed E-state index contributed by atoms with van der Waals surface area (Å²) in [6.45, 7) is 10.8.